The minimum Gasteiger partial charge on any atom is -0.441 e. The second-order valence-electron chi connectivity index (χ2n) is 9.28. The van der Waals surface area contributed by atoms with E-state index in [4.69, 9.17) is 4.42 Å². The fraction of sp³-hybridized carbons (Fsp3) is 0.385. The van der Waals surface area contributed by atoms with Crippen LogP contribution in [0.25, 0.3) is 11.5 Å². The Balaban J connectivity index is 1.38. The molecule has 1 aliphatic rings. The number of aryl methyl sites for hydroxylation is 2. The lowest BCUT2D eigenvalue weighted by Gasteiger charge is -2.18. The molecule has 8 nitrogen and oxygen atoms in total. The Labute approximate surface area is 208 Å². The fourth-order valence-electron chi connectivity index (χ4n) is 4.07. The van der Waals surface area contributed by atoms with Crippen LogP contribution in [0.2, 0.25) is 0 Å². The van der Waals surface area contributed by atoms with E-state index in [1.165, 1.54) is 11.3 Å². The van der Waals surface area contributed by atoms with Crippen LogP contribution in [0.15, 0.2) is 40.8 Å². The maximum absolute atomic E-state index is 12.7. The highest BCUT2D eigenvalue weighted by Crippen LogP contribution is 2.26. The molecule has 0 bridgehead atoms. The highest BCUT2D eigenvalue weighted by atomic mass is 32.1. The summed E-state index contributed by atoms with van der Waals surface area (Å²) in [6.45, 7) is 9.21. The molecule has 0 spiro atoms. The molecule has 35 heavy (non-hydrogen) atoms. The molecule has 3 heterocycles. The van der Waals surface area contributed by atoms with Gasteiger partial charge in [-0.15, -0.1) is 11.3 Å². The zero-order valence-corrected chi connectivity index (χ0v) is 21.2. The van der Waals surface area contributed by atoms with E-state index in [0.29, 0.717) is 46.9 Å². The van der Waals surface area contributed by atoms with Crippen molar-refractivity contribution in [2.24, 2.45) is 11.8 Å². The third-order valence-electron chi connectivity index (χ3n) is 5.83. The van der Waals surface area contributed by atoms with Crippen molar-refractivity contribution in [3.05, 3.63) is 57.6 Å². The summed E-state index contributed by atoms with van der Waals surface area (Å²) in [5.74, 6) is 0.748. The fourth-order valence-corrected chi connectivity index (χ4v) is 4.84. The van der Waals surface area contributed by atoms with Crippen LogP contribution in [0.1, 0.15) is 46.3 Å². The zero-order chi connectivity index (χ0) is 25.1. The molecule has 1 saturated heterocycles. The molecule has 2 N–H and O–H groups in total. The lowest BCUT2D eigenvalue weighted by molar-refractivity contribution is -0.129. The molecule has 0 saturated carbocycles. The standard InChI is InChI=1S/C26H30N4O4S/c1-15(2)13-30-14-19(11-23(30)31)24(32)27-12-21-17(4)34-26(29-21)18-6-5-7-20(10-18)28-25(33)22-9-8-16(3)35-22/h5-10,15,19H,11-14H2,1-4H3,(H,27,32)(H,28,33). The lowest BCUT2D eigenvalue weighted by atomic mass is 10.1. The Bertz CT molecular complexity index is 1250. The van der Waals surface area contributed by atoms with Crippen molar-refractivity contribution in [1.82, 2.24) is 15.2 Å². The van der Waals surface area contributed by atoms with Crippen molar-refractivity contribution >= 4 is 34.7 Å². The number of nitrogens with zero attached hydrogens (tertiary/aromatic N) is 2. The molecule has 1 aromatic carbocycles. The third-order valence-corrected chi connectivity index (χ3v) is 6.82. The van der Waals surface area contributed by atoms with Crippen molar-refractivity contribution in [2.45, 2.75) is 40.7 Å². The van der Waals surface area contributed by atoms with Crippen LogP contribution in [0, 0.1) is 25.7 Å². The Kier molecular flexibility index (Phi) is 7.35. The van der Waals surface area contributed by atoms with Crippen molar-refractivity contribution in [1.29, 1.82) is 0 Å². The number of aromatic nitrogens is 1. The van der Waals surface area contributed by atoms with Gasteiger partial charge in [0.2, 0.25) is 17.7 Å². The number of anilines is 1. The number of hydrogen-bond acceptors (Lipinski definition) is 6. The summed E-state index contributed by atoms with van der Waals surface area (Å²) in [4.78, 5) is 45.4. The second kappa shape index (κ2) is 10.4. The number of likely N-dealkylation sites (tertiary alicyclic amines) is 1. The molecule has 9 heteroatoms. The number of amides is 3. The molecule has 2 aromatic heterocycles. The van der Waals surface area contributed by atoms with Crippen LogP contribution >= 0.6 is 11.3 Å². The largest absolute Gasteiger partial charge is 0.441 e. The van der Waals surface area contributed by atoms with Gasteiger partial charge in [-0.05, 0) is 50.1 Å². The Morgan fingerprint density at radius 3 is 2.74 bits per heavy atom. The lowest BCUT2D eigenvalue weighted by Crippen LogP contribution is -2.34. The molecular weight excluding hydrogens is 464 g/mol. The minimum absolute atomic E-state index is 0.0277. The SMILES string of the molecule is Cc1ccc(C(=O)Nc2cccc(-c3nc(CNC(=O)C4CC(=O)N(CC(C)C)C4)c(C)o3)c2)s1. The Morgan fingerprint density at radius 2 is 2.03 bits per heavy atom. The smallest absolute Gasteiger partial charge is 0.265 e. The molecule has 0 aliphatic carbocycles. The van der Waals surface area contributed by atoms with Gasteiger partial charge in [-0.1, -0.05) is 19.9 Å². The van der Waals surface area contributed by atoms with Crippen LogP contribution in [0.3, 0.4) is 0 Å². The first kappa shape index (κ1) is 24.7. The molecule has 1 unspecified atom stereocenters. The van der Waals surface area contributed by atoms with Gasteiger partial charge < -0.3 is 20.0 Å². The highest BCUT2D eigenvalue weighted by molar-refractivity contribution is 7.14. The van der Waals surface area contributed by atoms with E-state index < -0.39 is 0 Å². The van der Waals surface area contributed by atoms with Crippen LogP contribution < -0.4 is 10.6 Å². The first-order valence-electron chi connectivity index (χ1n) is 11.7. The summed E-state index contributed by atoms with van der Waals surface area (Å²) in [6, 6.07) is 11.0. The summed E-state index contributed by atoms with van der Waals surface area (Å²) in [6.07, 6.45) is 0.241. The maximum atomic E-state index is 12.7. The van der Waals surface area contributed by atoms with E-state index in [-0.39, 0.29) is 36.6 Å². The molecule has 1 fully saturated rings. The van der Waals surface area contributed by atoms with E-state index in [2.05, 4.69) is 29.5 Å². The van der Waals surface area contributed by atoms with E-state index >= 15 is 0 Å². The maximum Gasteiger partial charge on any atom is 0.265 e. The average Bonchev–Trinajstić information content (AvgIpc) is 3.51. The van der Waals surface area contributed by atoms with Gasteiger partial charge in [0.1, 0.15) is 11.5 Å². The molecular formula is C26H30N4O4S. The monoisotopic (exact) mass is 494 g/mol. The summed E-state index contributed by atoms with van der Waals surface area (Å²) in [7, 11) is 0. The first-order chi connectivity index (χ1) is 16.7. The Hall–Kier alpha value is -3.46. The van der Waals surface area contributed by atoms with Crippen molar-refractivity contribution < 1.29 is 18.8 Å². The molecule has 4 rings (SSSR count). The number of nitrogens with one attached hydrogen (secondary N) is 2. The third kappa shape index (κ3) is 5.97. The van der Waals surface area contributed by atoms with Gasteiger partial charge in [-0.3, -0.25) is 14.4 Å². The van der Waals surface area contributed by atoms with Gasteiger partial charge in [0.05, 0.1) is 17.3 Å². The minimum atomic E-state index is -0.347. The summed E-state index contributed by atoms with van der Waals surface area (Å²) < 4.78 is 5.85. The van der Waals surface area contributed by atoms with Gasteiger partial charge >= 0.3 is 0 Å². The molecule has 3 aromatic rings. The van der Waals surface area contributed by atoms with E-state index in [1.807, 2.05) is 31.2 Å². The highest BCUT2D eigenvalue weighted by Gasteiger charge is 2.34. The number of carbonyl (C=O) groups is 3. The molecule has 0 radical (unpaired) electrons. The summed E-state index contributed by atoms with van der Waals surface area (Å²) in [5, 5.41) is 5.81. The van der Waals surface area contributed by atoms with Crippen molar-refractivity contribution in [2.75, 3.05) is 18.4 Å². The average molecular weight is 495 g/mol. The molecule has 3 amide bonds. The topological polar surface area (TPSA) is 105 Å². The zero-order valence-electron chi connectivity index (χ0n) is 20.4. The number of thiophene rings is 1. The van der Waals surface area contributed by atoms with Gasteiger partial charge in [0.25, 0.3) is 5.91 Å². The predicted octanol–water partition coefficient (Wildman–Crippen LogP) is 4.39. The van der Waals surface area contributed by atoms with Gasteiger partial charge in [0.15, 0.2) is 0 Å². The molecule has 184 valence electrons. The quantitative estimate of drug-likeness (QED) is 0.483. The second-order valence-corrected chi connectivity index (χ2v) is 10.6. The van der Waals surface area contributed by atoms with Gasteiger partial charge in [-0.2, -0.15) is 0 Å². The Morgan fingerprint density at radius 1 is 1.23 bits per heavy atom. The van der Waals surface area contributed by atoms with Crippen LogP contribution in [-0.2, 0) is 16.1 Å². The molecule has 1 atom stereocenters. The number of carbonyl (C=O) groups excluding carboxylic acids is 3. The number of oxazole rings is 1. The number of rotatable bonds is 8. The van der Waals surface area contributed by atoms with E-state index in [1.54, 1.807) is 24.0 Å². The number of hydrogen-bond donors (Lipinski definition) is 2. The summed E-state index contributed by atoms with van der Waals surface area (Å²) >= 11 is 1.44. The van der Waals surface area contributed by atoms with Crippen molar-refractivity contribution in [3.8, 4) is 11.5 Å². The van der Waals surface area contributed by atoms with Crippen LogP contribution in [0.5, 0.6) is 0 Å². The van der Waals surface area contributed by atoms with Gasteiger partial charge in [0, 0.05) is 35.6 Å². The predicted molar refractivity (Wildman–Crippen MR) is 135 cm³/mol. The normalized spacial score (nSPS) is 15.6. The molecule has 1 aliphatic heterocycles. The number of benzene rings is 1. The summed E-state index contributed by atoms with van der Waals surface area (Å²) in [5.41, 5.74) is 1.98. The van der Waals surface area contributed by atoms with E-state index in [9.17, 15) is 14.4 Å². The first-order valence-corrected chi connectivity index (χ1v) is 12.5. The van der Waals surface area contributed by atoms with Crippen LogP contribution in [-0.4, -0.2) is 40.7 Å². The van der Waals surface area contributed by atoms with E-state index in [0.717, 1.165) is 10.4 Å². The van der Waals surface area contributed by atoms with Crippen molar-refractivity contribution in [3.63, 3.8) is 0 Å². The van der Waals surface area contributed by atoms with Gasteiger partial charge in [-0.25, -0.2) is 4.98 Å². The van der Waals surface area contributed by atoms with Crippen LogP contribution in [0.4, 0.5) is 5.69 Å².